The van der Waals surface area contributed by atoms with Crippen LogP contribution in [0.25, 0.3) is 0 Å². The summed E-state index contributed by atoms with van der Waals surface area (Å²) in [5.41, 5.74) is -4.13. The van der Waals surface area contributed by atoms with Gasteiger partial charge in [-0.15, -0.1) is 0 Å². The van der Waals surface area contributed by atoms with E-state index in [1.165, 1.54) is 18.2 Å². The average Bonchev–Trinajstić information content (AvgIpc) is 2.70. The summed E-state index contributed by atoms with van der Waals surface area (Å²) in [7, 11) is 0. The van der Waals surface area contributed by atoms with Crippen molar-refractivity contribution in [1.82, 2.24) is 5.32 Å². The second-order valence-corrected chi connectivity index (χ2v) is 12.7. The lowest BCUT2D eigenvalue weighted by Gasteiger charge is -2.32. The number of nitrogens with one attached hydrogen (secondary N) is 1. The van der Waals surface area contributed by atoms with Crippen LogP contribution in [0.1, 0.15) is 81.7 Å². The van der Waals surface area contributed by atoms with Crippen molar-refractivity contribution < 1.29 is 52.7 Å². The Hall–Kier alpha value is -3.54. The van der Waals surface area contributed by atoms with Crippen molar-refractivity contribution in [1.29, 1.82) is 0 Å². The van der Waals surface area contributed by atoms with Crippen molar-refractivity contribution in [3.05, 3.63) is 23.8 Å². The number of carbonyl (C=O) groups is 4. The summed E-state index contributed by atoms with van der Waals surface area (Å²) in [6.07, 6.45) is -3.74. The maximum absolute atomic E-state index is 12.5. The Kier molecular flexibility index (Phi) is 11.4. The van der Waals surface area contributed by atoms with Gasteiger partial charge in [-0.05, 0) is 78.5 Å². The van der Waals surface area contributed by atoms with E-state index in [4.69, 9.17) is 28.4 Å². The topological polar surface area (TPSA) is 156 Å². The molecule has 0 heterocycles. The Morgan fingerprint density at radius 2 is 1.27 bits per heavy atom. The minimum atomic E-state index is -2.25. The van der Waals surface area contributed by atoms with Gasteiger partial charge in [0, 0.05) is 12.5 Å². The number of carboxylic acids is 1. The summed E-state index contributed by atoms with van der Waals surface area (Å²) in [5.74, 6) is -1.93. The third-order valence-corrected chi connectivity index (χ3v) is 4.37. The molecule has 1 rings (SSSR count). The van der Waals surface area contributed by atoms with Crippen LogP contribution in [0.2, 0.25) is 0 Å². The zero-order valence-electron chi connectivity index (χ0n) is 25.3. The molecule has 0 saturated heterocycles. The summed E-state index contributed by atoms with van der Waals surface area (Å²) in [5, 5.41) is 12.9. The van der Waals surface area contributed by atoms with E-state index in [1.54, 1.807) is 55.4 Å². The van der Waals surface area contributed by atoms with Crippen molar-refractivity contribution in [2.45, 2.75) is 106 Å². The quantitative estimate of drug-likeness (QED) is 0.159. The van der Waals surface area contributed by atoms with Crippen LogP contribution in [0.5, 0.6) is 11.5 Å². The highest BCUT2D eigenvalue weighted by Crippen LogP contribution is 2.32. The number of ether oxygens (including phenoxy) is 6. The zero-order valence-corrected chi connectivity index (χ0v) is 25.3. The van der Waals surface area contributed by atoms with Crippen molar-refractivity contribution in [2.24, 2.45) is 5.41 Å². The van der Waals surface area contributed by atoms with Gasteiger partial charge in [-0.1, -0.05) is 26.8 Å². The SMILES string of the molecule is CC(C)N[C@@](Cc1ccc(OC(=O)OC(C)(C)C)c(OC(=O)OC(C)(C)C)c1)(OC(=O)OCC(C)(C)C)C(=O)O. The van der Waals surface area contributed by atoms with Gasteiger partial charge in [0.25, 0.3) is 5.72 Å². The summed E-state index contributed by atoms with van der Waals surface area (Å²) < 4.78 is 31.4. The molecule has 0 unspecified atom stereocenters. The van der Waals surface area contributed by atoms with E-state index in [0.29, 0.717) is 0 Å². The molecule has 12 nitrogen and oxygen atoms in total. The van der Waals surface area contributed by atoms with E-state index < -0.39 is 53.8 Å². The maximum Gasteiger partial charge on any atom is 0.514 e. The van der Waals surface area contributed by atoms with Crippen molar-refractivity contribution in [3.8, 4) is 11.5 Å². The van der Waals surface area contributed by atoms with Gasteiger partial charge in [0.15, 0.2) is 11.5 Å². The number of benzene rings is 1. The Bertz CT molecular complexity index is 1060. The summed E-state index contributed by atoms with van der Waals surface area (Å²) in [4.78, 5) is 49.7. The van der Waals surface area contributed by atoms with E-state index in [9.17, 15) is 24.3 Å². The number of carbonyl (C=O) groups excluding carboxylic acids is 3. The molecule has 226 valence electrons. The number of aliphatic carboxylic acids is 1. The lowest BCUT2D eigenvalue weighted by atomic mass is 9.99. The van der Waals surface area contributed by atoms with Crippen LogP contribution in [0.15, 0.2) is 18.2 Å². The zero-order chi connectivity index (χ0) is 31.1. The van der Waals surface area contributed by atoms with E-state index in [1.807, 2.05) is 20.8 Å². The highest BCUT2D eigenvalue weighted by atomic mass is 16.8. The lowest BCUT2D eigenvalue weighted by Crippen LogP contribution is -2.59. The van der Waals surface area contributed by atoms with Gasteiger partial charge >= 0.3 is 24.4 Å². The monoisotopic (exact) mass is 569 g/mol. The Morgan fingerprint density at radius 1 is 0.775 bits per heavy atom. The van der Waals surface area contributed by atoms with E-state index in [-0.39, 0.29) is 29.1 Å². The Balaban J connectivity index is 3.45. The highest BCUT2D eigenvalue weighted by molar-refractivity contribution is 5.80. The second-order valence-electron chi connectivity index (χ2n) is 12.7. The molecule has 0 aliphatic rings. The molecule has 1 aromatic rings. The lowest BCUT2D eigenvalue weighted by molar-refractivity contribution is -0.167. The minimum absolute atomic E-state index is 0.00616. The summed E-state index contributed by atoms with van der Waals surface area (Å²) >= 11 is 0. The number of hydrogen-bond donors (Lipinski definition) is 2. The fraction of sp³-hybridized carbons (Fsp3) is 0.643. The smallest absolute Gasteiger partial charge is 0.477 e. The summed E-state index contributed by atoms with van der Waals surface area (Å²) in [6.45, 7) is 18.7. The molecule has 2 N–H and O–H groups in total. The van der Waals surface area contributed by atoms with Gasteiger partial charge < -0.3 is 33.5 Å². The van der Waals surface area contributed by atoms with Crippen LogP contribution in [-0.4, -0.2) is 59.1 Å². The Labute approximate surface area is 235 Å². The van der Waals surface area contributed by atoms with E-state index >= 15 is 0 Å². The largest absolute Gasteiger partial charge is 0.514 e. The molecular formula is C28H43NO11. The van der Waals surface area contributed by atoms with Crippen LogP contribution in [0, 0.1) is 5.41 Å². The van der Waals surface area contributed by atoms with Crippen molar-refractivity contribution >= 4 is 24.4 Å². The third kappa shape index (κ3) is 13.0. The van der Waals surface area contributed by atoms with Gasteiger partial charge in [-0.2, -0.15) is 0 Å². The molecule has 0 amide bonds. The predicted octanol–water partition coefficient (Wildman–Crippen LogP) is 5.84. The number of carboxylic acid groups (broad SMARTS) is 1. The molecule has 0 aliphatic heterocycles. The Morgan fingerprint density at radius 3 is 1.70 bits per heavy atom. The van der Waals surface area contributed by atoms with Gasteiger partial charge in [0.1, 0.15) is 11.2 Å². The first-order valence-electron chi connectivity index (χ1n) is 12.8. The minimum Gasteiger partial charge on any atom is -0.477 e. The van der Waals surface area contributed by atoms with Gasteiger partial charge in [-0.3, -0.25) is 5.32 Å². The molecule has 0 saturated carbocycles. The van der Waals surface area contributed by atoms with E-state index in [2.05, 4.69) is 5.32 Å². The molecule has 0 radical (unpaired) electrons. The first kappa shape index (κ1) is 34.5. The van der Waals surface area contributed by atoms with Crippen molar-refractivity contribution in [3.63, 3.8) is 0 Å². The van der Waals surface area contributed by atoms with Gasteiger partial charge in [0.2, 0.25) is 0 Å². The fourth-order valence-corrected chi connectivity index (χ4v) is 3.05. The maximum atomic E-state index is 12.5. The molecule has 1 atom stereocenters. The van der Waals surface area contributed by atoms with E-state index in [0.717, 1.165) is 0 Å². The second kappa shape index (κ2) is 13.2. The molecule has 1 aromatic carbocycles. The first-order chi connectivity index (χ1) is 18.0. The van der Waals surface area contributed by atoms with Crippen LogP contribution < -0.4 is 14.8 Å². The van der Waals surface area contributed by atoms with Gasteiger partial charge in [0.05, 0.1) is 6.61 Å². The number of rotatable bonds is 9. The van der Waals surface area contributed by atoms with Crippen LogP contribution in [-0.2, 0) is 30.2 Å². The van der Waals surface area contributed by atoms with Crippen LogP contribution in [0.4, 0.5) is 14.4 Å². The molecule has 0 aliphatic carbocycles. The average molecular weight is 570 g/mol. The molecule has 12 heteroatoms. The molecular weight excluding hydrogens is 526 g/mol. The van der Waals surface area contributed by atoms with Gasteiger partial charge in [-0.25, -0.2) is 19.2 Å². The first-order valence-corrected chi connectivity index (χ1v) is 12.8. The van der Waals surface area contributed by atoms with Crippen LogP contribution in [0.3, 0.4) is 0 Å². The molecule has 40 heavy (non-hydrogen) atoms. The highest BCUT2D eigenvalue weighted by Gasteiger charge is 2.44. The molecule has 0 bridgehead atoms. The normalized spacial score (nSPS) is 13.6. The van der Waals surface area contributed by atoms with Crippen molar-refractivity contribution in [2.75, 3.05) is 6.61 Å². The number of hydrogen-bond acceptors (Lipinski definition) is 11. The van der Waals surface area contributed by atoms with Crippen LogP contribution >= 0.6 is 0 Å². The predicted molar refractivity (Wildman–Crippen MR) is 144 cm³/mol. The standard InChI is InChI=1S/C28H43NO11/c1-17(2)29-28(21(30)31,40-22(32)35-16-25(3,4)5)15-18-12-13-19(36-23(33)38-26(6,7)8)20(14-18)37-24(34)39-27(9,10)11/h12-14,17,29H,15-16H2,1-11H3,(H,30,31)/t28-/m0/s1. The fourth-order valence-electron chi connectivity index (χ4n) is 3.05. The summed E-state index contributed by atoms with van der Waals surface area (Å²) in [6, 6.07) is 3.55. The molecule has 0 spiro atoms. The third-order valence-electron chi connectivity index (χ3n) is 4.37. The molecule has 0 aromatic heterocycles. The molecule has 0 fully saturated rings.